The first-order chi connectivity index (χ1) is 9.86. The van der Waals surface area contributed by atoms with Crippen LogP contribution in [0.3, 0.4) is 0 Å². The zero-order valence-corrected chi connectivity index (χ0v) is 14.8. The molecule has 1 N–H and O–H groups in total. The highest BCUT2D eigenvalue weighted by Crippen LogP contribution is 2.35. The molecule has 21 heavy (non-hydrogen) atoms. The SMILES string of the molecule is CCN1CCC(N(C)c2nc(C(C)(C)C)c(CO)s2)CC1. The molecule has 1 fully saturated rings. The van der Waals surface area contributed by atoms with Gasteiger partial charge in [0.1, 0.15) is 0 Å². The van der Waals surface area contributed by atoms with Gasteiger partial charge < -0.3 is 14.9 Å². The number of nitrogens with zero attached hydrogens (tertiary/aromatic N) is 3. The van der Waals surface area contributed by atoms with E-state index in [4.69, 9.17) is 4.98 Å². The van der Waals surface area contributed by atoms with Crippen LogP contribution >= 0.6 is 11.3 Å². The number of likely N-dealkylation sites (tertiary alicyclic amines) is 1. The normalized spacial score (nSPS) is 18.2. The molecule has 0 spiro atoms. The van der Waals surface area contributed by atoms with Gasteiger partial charge >= 0.3 is 0 Å². The molecule has 0 atom stereocenters. The number of anilines is 1. The fourth-order valence-electron chi connectivity index (χ4n) is 2.96. The van der Waals surface area contributed by atoms with Gasteiger partial charge in [0.2, 0.25) is 0 Å². The molecule has 0 aromatic carbocycles. The molecular weight excluding hydrogens is 282 g/mol. The summed E-state index contributed by atoms with van der Waals surface area (Å²) >= 11 is 1.65. The molecule has 0 bridgehead atoms. The van der Waals surface area contributed by atoms with Gasteiger partial charge in [0.25, 0.3) is 0 Å². The average molecular weight is 311 g/mol. The van der Waals surface area contributed by atoms with Crippen LogP contribution in [0.2, 0.25) is 0 Å². The Morgan fingerprint density at radius 1 is 1.33 bits per heavy atom. The monoisotopic (exact) mass is 311 g/mol. The van der Waals surface area contributed by atoms with Crippen molar-refractivity contribution >= 4 is 16.5 Å². The van der Waals surface area contributed by atoms with E-state index in [9.17, 15) is 5.11 Å². The zero-order chi connectivity index (χ0) is 15.6. The number of piperidine rings is 1. The van der Waals surface area contributed by atoms with E-state index in [1.807, 2.05) is 0 Å². The lowest BCUT2D eigenvalue weighted by Crippen LogP contribution is -2.43. The lowest BCUT2D eigenvalue weighted by Gasteiger charge is -2.36. The highest BCUT2D eigenvalue weighted by molar-refractivity contribution is 7.15. The molecule has 1 aliphatic heterocycles. The summed E-state index contributed by atoms with van der Waals surface area (Å²) in [6.07, 6.45) is 2.40. The Labute approximate surface area is 132 Å². The van der Waals surface area contributed by atoms with Gasteiger partial charge in [0.15, 0.2) is 5.13 Å². The quantitative estimate of drug-likeness (QED) is 0.928. The van der Waals surface area contributed by atoms with Crippen molar-refractivity contribution in [2.24, 2.45) is 0 Å². The van der Waals surface area contributed by atoms with Crippen molar-refractivity contribution < 1.29 is 5.11 Å². The van der Waals surface area contributed by atoms with E-state index in [0.29, 0.717) is 6.04 Å². The Morgan fingerprint density at radius 2 is 1.95 bits per heavy atom. The summed E-state index contributed by atoms with van der Waals surface area (Å²) in [7, 11) is 2.15. The number of aliphatic hydroxyl groups is 1. The maximum atomic E-state index is 9.60. The number of hydrogen-bond donors (Lipinski definition) is 1. The van der Waals surface area contributed by atoms with Gasteiger partial charge in [0, 0.05) is 31.6 Å². The number of thiazole rings is 1. The van der Waals surface area contributed by atoms with Crippen molar-refractivity contribution in [1.82, 2.24) is 9.88 Å². The summed E-state index contributed by atoms with van der Waals surface area (Å²) in [4.78, 5) is 10.7. The van der Waals surface area contributed by atoms with E-state index in [-0.39, 0.29) is 12.0 Å². The van der Waals surface area contributed by atoms with E-state index in [1.165, 1.54) is 25.9 Å². The summed E-state index contributed by atoms with van der Waals surface area (Å²) in [5, 5.41) is 10.7. The number of aromatic nitrogens is 1. The van der Waals surface area contributed by atoms with Gasteiger partial charge in [-0.1, -0.05) is 39.0 Å². The van der Waals surface area contributed by atoms with Crippen molar-refractivity contribution in [1.29, 1.82) is 0 Å². The number of aliphatic hydroxyl groups excluding tert-OH is 1. The molecule has 0 radical (unpaired) electrons. The number of hydrogen-bond acceptors (Lipinski definition) is 5. The maximum absolute atomic E-state index is 9.60. The summed E-state index contributed by atoms with van der Waals surface area (Å²) in [5.74, 6) is 0. The summed E-state index contributed by atoms with van der Waals surface area (Å²) in [6, 6.07) is 0.568. The highest BCUT2D eigenvalue weighted by Gasteiger charge is 2.27. The van der Waals surface area contributed by atoms with Crippen LogP contribution in [-0.4, -0.2) is 47.7 Å². The second kappa shape index (κ2) is 6.63. The van der Waals surface area contributed by atoms with Crippen LogP contribution in [0.25, 0.3) is 0 Å². The molecule has 5 heteroatoms. The molecule has 120 valence electrons. The van der Waals surface area contributed by atoms with Crippen molar-refractivity contribution in [2.75, 3.05) is 31.6 Å². The van der Waals surface area contributed by atoms with Crippen LogP contribution in [-0.2, 0) is 12.0 Å². The molecule has 0 amide bonds. The fourth-order valence-corrected chi connectivity index (χ4v) is 4.13. The maximum Gasteiger partial charge on any atom is 0.185 e. The molecule has 1 aromatic heterocycles. The third kappa shape index (κ3) is 3.76. The Bertz CT molecular complexity index is 459. The largest absolute Gasteiger partial charge is 0.391 e. The van der Waals surface area contributed by atoms with E-state index < -0.39 is 0 Å². The summed E-state index contributed by atoms with van der Waals surface area (Å²) in [5.41, 5.74) is 1.03. The van der Waals surface area contributed by atoms with Gasteiger partial charge in [-0.05, 0) is 19.4 Å². The van der Waals surface area contributed by atoms with Crippen molar-refractivity contribution in [2.45, 2.75) is 58.6 Å². The fraction of sp³-hybridized carbons (Fsp3) is 0.812. The molecule has 0 aliphatic carbocycles. The zero-order valence-electron chi connectivity index (χ0n) is 14.0. The minimum atomic E-state index is -0.0147. The van der Waals surface area contributed by atoms with Gasteiger partial charge in [-0.15, -0.1) is 0 Å². The van der Waals surface area contributed by atoms with E-state index >= 15 is 0 Å². The van der Waals surface area contributed by atoms with Gasteiger partial charge in [-0.2, -0.15) is 0 Å². The molecule has 1 saturated heterocycles. The van der Waals surface area contributed by atoms with Crippen molar-refractivity contribution in [3.63, 3.8) is 0 Å². The molecule has 1 aliphatic rings. The lowest BCUT2D eigenvalue weighted by molar-refractivity contribution is 0.221. The molecule has 2 heterocycles. The van der Waals surface area contributed by atoms with Crippen LogP contribution in [0.5, 0.6) is 0 Å². The standard InChI is InChI=1S/C16H29N3OS/c1-6-19-9-7-12(8-10-19)18(5)15-17-14(16(2,3)4)13(11-20)21-15/h12,20H,6-11H2,1-5H3. The molecular formula is C16H29N3OS. The molecule has 0 unspecified atom stereocenters. The molecule has 0 saturated carbocycles. The first kappa shape index (κ1) is 16.7. The van der Waals surface area contributed by atoms with E-state index in [0.717, 1.165) is 22.2 Å². The van der Waals surface area contributed by atoms with Gasteiger partial charge in [-0.25, -0.2) is 4.98 Å². The van der Waals surface area contributed by atoms with Gasteiger partial charge in [0.05, 0.1) is 17.2 Å². The Hall–Kier alpha value is -0.650. The predicted octanol–water partition coefficient (Wildman–Crippen LogP) is 2.85. The second-order valence-corrected chi connectivity index (χ2v) is 8.01. The van der Waals surface area contributed by atoms with Crippen molar-refractivity contribution in [3.05, 3.63) is 10.6 Å². The third-order valence-electron chi connectivity index (χ3n) is 4.39. The second-order valence-electron chi connectivity index (χ2n) is 6.95. The van der Waals surface area contributed by atoms with E-state index in [1.54, 1.807) is 11.3 Å². The Morgan fingerprint density at radius 3 is 2.38 bits per heavy atom. The molecule has 1 aromatic rings. The first-order valence-corrected chi connectivity index (χ1v) is 8.74. The molecule has 2 rings (SSSR count). The average Bonchev–Trinajstić information content (AvgIpc) is 2.91. The lowest BCUT2D eigenvalue weighted by atomic mass is 9.91. The van der Waals surface area contributed by atoms with Crippen LogP contribution < -0.4 is 4.90 Å². The van der Waals surface area contributed by atoms with Crippen LogP contribution in [0.1, 0.15) is 51.1 Å². The number of rotatable bonds is 4. The smallest absolute Gasteiger partial charge is 0.185 e. The Kier molecular flexibility index (Phi) is 5.28. The van der Waals surface area contributed by atoms with Crippen LogP contribution in [0, 0.1) is 0 Å². The predicted molar refractivity (Wildman–Crippen MR) is 90.3 cm³/mol. The first-order valence-electron chi connectivity index (χ1n) is 7.93. The van der Waals surface area contributed by atoms with Crippen LogP contribution in [0.4, 0.5) is 5.13 Å². The topological polar surface area (TPSA) is 39.6 Å². The summed E-state index contributed by atoms with van der Waals surface area (Å²) < 4.78 is 0. The van der Waals surface area contributed by atoms with E-state index in [2.05, 4.69) is 44.5 Å². The highest BCUT2D eigenvalue weighted by atomic mass is 32.1. The minimum absolute atomic E-state index is 0.0147. The Balaban J connectivity index is 2.13. The van der Waals surface area contributed by atoms with Gasteiger partial charge in [-0.3, -0.25) is 0 Å². The van der Waals surface area contributed by atoms with Crippen molar-refractivity contribution in [3.8, 4) is 0 Å². The minimum Gasteiger partial charge on any atom is -0.391 e. The van der Waals surface area contributed by atoms with Crippen LogP contribution in [0.15, 0.2) is 0 Å². The molecule has 4 nitrogen and oxygen atoms in total. The summed E-state index contributed by atoms with van der Waals surface area (Å²) in [6.45, 7) is 12.3. The third-order valence-corrected chi connectivity index (χ3v) is 5.52.